The van der Waals surface area contributed by atoms with Crippen molar-refractivity contribution in [3.8, 4) is 0 Å². The van der Waals surface area contributed by atoms with E-state index >= 15 is 0 Å². The molecule has 4 atom stereocenters. The SMILES string of the molecule is NC1C2CCCC1C1CCC2C1. The van der Waals surface area contributed by atoms with E-state index in [0.717, 1.165) is 23.7 Å². The van der Waals surface area contributed by atoms with E-state index in [2.05, 4.69) is 0 Å². The fourth-order valence-corrected chi connectivity index (χ4v) is 4.22. The molecule has 1 heteroatoms. The summed E-state index contributed by atoms with van der Waals surface area (Å²) in [6.07, 6.45) is 8.88. The van der Waals surface area contributed by atoms with Crippen LogP contribution in [0, 0.1) is 23.7 Å². The van der Waals surface area contributed by atoms with Crippen LogP contribution >= 0.6 is 0 Å². The predicted molar refractivity (Wildman–Crippen MR) is 49.6 cm³/mol. The highest BCUT2D eigenvalue weighted by Gasteiger charge is 2.47. The van der Waals surface area contributed by atoms with E-state index < -0.39 is 0 Å². The van der Waals surface area contributed by atoms with Gasteiger partial charge in [0.1, 0.15) is 0 Å². The van der Waals surface area contributed by atoms with Crippen LogP contribution in [0.1, 0.15) is 38.5 Å². The van der Waals surface area contributed by atoms with Crippen LogP contribution < -0.4 is 5.73 Å². The largest absolute Gasteiger partial charge is 0.327 e. The van der Waals surface area contributed by atoms with Crippen LogP contribution in [0.25, 0.3) is 0 Å². The van der Waals surface area contributed by atoms with Crippen LogP contribution in [0.3, 0.4) is 0 Å². The van der Waals surface area contributed by atoms with Gasteiger partial charge in [0.2, 0.25) is 0 Å². The maximum absolute atomic E-state index is 6.31. The molecule has 0 radical (unpaired) electrons. The molecule has 0 aromatic heterocycles. The first-order chi connectivity index (χ1) is 5.86. The van der Waals surface area contributed by atoms with E-state index in [0.29, 0.717) is 6.04 Å². The lowest BCUT2D eigenvalue weighted by atomic mass is 9.63. The molecule has 0 aliphatic heterocycles. The van der Waals surface area contributed by atoms with Gasteiger partial charge >= 0.3 is 0 Å². The second-order valence-electron chi connectivity index (χ2n) is 5.17. The van der Waals surface area contributed by atoms with Crippen LogP contribution in [-0.4, -0.2) is 6.04 Å². The van der Waals surface area contributed by atoms with Crippen molar-refractivity contribution in [2.45, 2.75) is 44.6 Å². The molecule has 3 rings (SSSR count). The molecule has 0 aromatic carbocycles. The topological polar surface area (TPSA) is 26.0 Å². The first-order valence-corrected chi connectivity index (χ1v) is 5.62. The van der Waals surface area contributed by atoms with Crippen LogP contribution in [-0.2, 0) is 0 Å². The summed E-state index contributed by atoms with van der Waals surface area (Å²) in [5, 5.41) is 0. The van der Waals surface area contributed by atoms with Crippen molar-refractivity contribution in [2.24, 2.45) is 29.4 Å². The summed E-state index contributed by atoms with van der Waals surface area (Å²) in [6, 6.07) is 0.588. The molecule has 0 saturated heterocycles. The Morgan fingerprint density at radius 2 is 1.42 bits per heavy atom. The number of rotatable bonds is 0. The molecule has 3 fully saturated rings. The average Bonchev–Trinajstić information content (AvgIpc) is 2.47. The second kappa shape index (κ2) is 2.47. The van der Waals surface area contributed by atoms with Crippen molar-refractivity contribution < 1.29 is 0 Å². The van der Waals surface area contributed by atoms with Gasteiger partial charge in [0.25, 0.3) is 0 Å². The zero-order chi connectivity index (χ0) is 8.13. The first-order valence-electron chi connectivity index (χ1n) is 5.62. The van der Waals surface area contributed by atoms with Crippen molar-refractivity contribution in [2.75, 3.05) is 0 Å². The Morgan fingerprint density at radius 3 is 2.00 bits per heavy atom. The standard InChI is InChI=1S/C11H19N/c12-11-9-2-1-3-10(11)8-5-4-7(9)6-8/h7-11H,1-6,12H2. The Labute approximate surface area is 74.7 Å². The lowest BCUT2D eigenvalue weighted by Gasteiger charge is -2.45. The molecule has 4 bridgehead atoms. The molecular weight excluding hydrogens is 146 g/mol. The summed E-state index contributed by atoms with van der Waals surface area (Å²) in [5.74, 6) is 3.90. The molecule has 1 nitrogen and oxygen atoms in total. The zero-order valence-electron chi connectivity index (χ0n) is 7.71. The van der Waals surface area contributed by atoms with Gasteiger partial charge in [-0.3, -0.25) is 0 Å². The highest BCUT2D eigenvalue weighted by molar-refractivity contribution is 5.00. The van der Waals surface area contributed by atoms with E-state index in [1.54, 1.807) is 0 Å². The Balaban J connectivity index is 1.92. The minimum atomic E-state index is 0.588. The third-order valence-electron chi connectivity index (χ3n) is 4.79. The van der Waals surface area contributed by atoms with Gasteiger partial charge in [-0.2, -0.15) is 0 Å². The number of fused-ring (bicyclic) bond motifs is 6. The lowest BCUT2D eigenvalue weighted by molar-refractivity contribution is 0.0833. The highest BCUT2D eigenvalue weighted by atomic mass is 14.7. The van der Waals surface area contributed by atoms with Crippen LogP contribution in [0.15, 0.2) is 0 Å². The molecule has 2 N–H and O–H groups in total. The molecule has 12 heavy (non-hydrogen) atoms. The molecule has 3 aliphatic rings. The van der Waals surface area contributed by atoms with E-state index in [4.69, 9.17) is 5.73 Å². The van der Waals surface area contributed by atoms with Crippen molar-refractivity contribution in [3.05, 3.63) is 0 Å². The summed E-state index contributed by atoms with van der Waals surface area (Å²) in [6.45, 7) is 0. The van der Waals surface area contributed by atoms with Gasteiger partial charge in [-0.05, 0) is 55.8 Å². The molecule has 0 spiro atoms. The van der Waals surface area contributed by atoms with Crippen molar-refractivity contribution in [3.63, 3.8) is 0 Å². The van der Waals surface area contributed by atoms with Crippen LogP contribution in [0.5, 0.6) is 0 Å². The van der Waals surface area contributed by atoms with Gasteiger partial charge in [0, 0.05) is 6.04 Å². The molecule has 3 aliphatic carbocycles. The lowest BCUT2D eigenvalue weighted by Crippen LogP contribution is -2.48. The average molecular weight is 165 g/mol. The molecule has 3 saturated carbocycles. The van der Waals surface area contributed by atoms with E-state index in [1.165, 1.54) is 38.5 Å². The fourth-order valence-electron chi connectivity index (χ4n) is 4.22. The number of hydrogen-bond donors (Lipinski definition) is 1. The monoisotopic (exact) mass is 165 g/mol. The highest BCUT2D eigenvalue weighted by Crippen LogP contribution is 2.53. The molecule has 4 unspecified atom stereocenters. The molecule has 0 heterocycles. The quantitative estimate of drug-likeness (QED) is 0.585. The minimum absolute atomic E-state index is 0.588. The smallest absolute Gasteiger partial charge is 0.0101 e. The zero-order valence-corrected chi connectivity index (χ0v) is 7.71. The Hall–Kier alpha value is -0.0400. The van der Waals surface area contributed by atoms with Gasteiger partial charge < -0.3 is 5.73 Å². The molecule has 0 aromatic rings. The Morgan fingerprint density at radius 1 is 0.833 bits per heavy atom. The van der Waals surface area contributed by atoms with E-state index in [9.17, 15) is 0 Å². The van der Waals surface area contributed by atoms with Gasteiger partial charge in [-0.15, -0.1) is 0 Å². The molecule has 0 amide bonds. The summed E-state index contributed by atoms with van der Waals surface area (Å²) < 4.78 is 0. The third kappa shape index (κ3) is 0.834. The predicted octanol–water partition coefficient (Wildman–Crippen LogP) is 2.16. The normalized spacial score (nSPS) is 57.2. The summed E-state index contributed by atoms with van der Waals surface area (Å²) in [5.41, 5.74) is 6.31. The van der Waals surface area contributed by atoms with Crippen molar-refractivity contribution in [1.82, 2.24) is 0 Å². The number of nitrogens with two attached hydrogens (primary N) is 1. The van der Waals surface area contributed by atoms with E-state index in [1.807, 2.05) is 0 Å². The third-order valence-corrected chi connectivity index (χ3v) is 4.79. The first kappa shape index (κ1) is 7.37. The Kier molecular flexibility index (Phi) is 1.52. The van der Waals surface area contributed by atoms with Crippen molar-refractivity contribution in [1.29, 1.82) is 0 Å². The molecule has 68 valence electrons. The van der Waals surface area contributed by atoms with Crippen molar-refractivity contribution >= 4 is 0 Å². The fraction of sp³-hybridized carbons (Fsp3) is 1.00. The summed E-state index contributed by atoms with van der Waals surface area (Å²) >= 11 is 0. The van der Waals surface area contributed by atoms with Gasteiger partial charge in [0.15, 0.2) is 0 Å². The van der Waals surface area contributed by atoms with Gasteiger partial charge in [0.05, 0.1) is 0 Å². The van der Waals surface area contributed by atoms with Gasteiger partial charge in [-0.1, -0.05) is 6.42 Å². The molecular formula is C11H19N. The maximum atomic E-state index is 6.31. The Bertz CT molecular complexity index is 171. The van der Waals surface area contributed by atoms with Crippen LogP contribution in [0.2, 0.25) is 0 Å². The van der Waals surface area contributed by atoms with Crippen LogP contribution in [0.4, 0.5) is 0 Å². The summed E-state index contributed by atoms with van der Waals surface area (Å²) in [7, 11) is 0. The van der Waals surface area contributed by atoms with Gasteiger partial charge in [-0.25, -0.2) is 0 Å². The van der Waals surface area contributed by atoms with E-state index in [-0.39, 0.29) is 0 Å². The second-order valence-corrected chi connectivity index (χ2v) is 5.17. The maximum Gasteiger partial charge on any atom is 0.0101 e. The number of hydrogen-bond acceptors (Lipinski definition) is 1. The summed E-state index contributed by atoms with van der Waals surface area (Å²) in [4.78, 5) is 0. The minimum Gasteiger partial charge on any atom is -0.327 e.